The van der Waals surface area contributed by atoms with Gasteiger partial charge >= 0.3 is 11.8 Å². The zero-order valence-corrected chi connectivity index (χ0v) is 16.5. The molecule has 27 heavy (non-hydrogen) atoms. The summed E-state index contributed by atoms with van der Waals surface area (Å²) in [5.41, 5.74) is 0.979. The molecule has 1 aromatic heterocycles. The molecule has 1 aliphatic rings. The van der Waals surface area contributed by atoms with Gasteiger partial charge < -0.3 is 15.5 Å². The summed E-state index contributed by atoms with van der Waals surface area (Å²) in [5, 5.41) is 7.62. The van der Waals surface area contributed by atoms with Crippen LogP contribution in [0.15, 0.2) is 47.8 Å². The van der Waals surface area contributed by atoms with Crippen molar-refractivity contribution in [2.75, 3.05) is 26.2 Å². The number of piperidine rings is 1. The summed E-state index contributed by atoms with van der Waals surface area (Å²) in [7, 11) is 0. The van der Waals surface area contributed by atoms with Crippen molar-refractivity contribution < 1.29 is 9.59 Å². The van der Waals surface area contributed by atoms with Crippen LogP contribution in [-0.2, 0) is 9.59 Å². The fourth-order valence-corrected chi connectivity index (χ4v) is 4.36. The molecule has 5 nitrogen and oxygen atoms in total. The molecule has 2 N–H and O–H groups in total. The number of thiophene rings is 1. The maximum absolute atomic E-state index is 12.0. The molecule has 0 saturated carbocycles. The zero-order valence-electron chi connectivity index (χ0n) is 15.7. The van der Waals surface area contributed by atoms with E-state index in [2.05, 4.69) is 33.0 Å². The Labute approximate surface area is 164 Å². The van der Waals surface area contributed by atoms with Gasteiger partial charge in [-0.3, -0.25) is 9.59 Å². The SMILES string of the molecule is CC(NC(=O)C(=O)NCCN1CCC(c2cccs2)CC1)c1ccccc1. The van der Waals surface area contributed by atoms with Gasteiger partial charge in [0.1, 0.15) is 0 Å². The molecule has 144 valence electrons. The largest absolute Gasteiger partial charge is 0.347 e. The molecule has 2 heterocycles. The van der Waals surface area contributed by atoms with Gasteiger partial charge in [-0.2, -0.15) is 0 Å². The zero-order chi connectivity index (χ0) is 19.1. The van der Waals surface area contributed by atoms with Crippen LogP contribution in [0.5, 0.6) is 0 Å². The number of hydrogen-bond donors (Lipinski definition) is 2. The number of likely N-dealkylation sites (tertiary alicyclic amines) is 1. The quantitative estimate of drug-likeness (QED) is 0.752. The number of nitrogens with zero attached hydrogens (tertiary/aromatic N) is 1. The van der Waals surface area contributed by atoms with E-state index in [4.69, 9.17) is 0 Å². The van der Waals surface area contributed by atoms with Crippen LogP contribution in [-0.4, -0.2) is 42.9 Å². The molecule has 6 heteroatoms. The van der Waals surface area contributed by atoms with Gasteiger partial charge in [-0.05, 0) is 55.8 Å². The van der Waals surface area contributed by atoms with Crippen molar-refractivity contribution in [1.29, 1.82) is 0 Å². The van der Waals surface area contributed by atoms with E-state index in [1.54, 1.807) is 0 Å². The Morgan fingerprint density at radius 1 is 1.11 bits per heavy atom. The van der Waals surface area contributed by atoms with Crippen LogP contribution in [0.3, 0.4) is 0 Å². The van der Waals surface area contributed by atoms with Crippen LogP contribution < -0.4 is 10.6 Å². The molecule has 0 spiro atoms. The van der Waals surface area contributed by atoms with E-state index in [0.29, 0.717) is 12.5 Å². The highest BCUT2D eigenvalue weighted by Crippen LogP contribution is 2.30. The van der Waals surface area contributed by atoms with E-state index >= 15 is 0 Å². The second kappa shape index (κ2) is 9.67. The smallest absolute Gasteiger partial charge is 0.309 e. The van der Waals surface area contributed by atoms with Gasteiger partial charge in [0.25, 0.3) is 0 Å². The standard InChI is InChI=1S/C21H27N3O2S/c1-16(17-6-3-2-4-7-17)23-21(26)20(25)22-11-14-24-12-9-18(10-13-24)19-8-5-15-27-19/h2-8,15-16,18H,9-14H2,1H3,(H,22,25)(H,23,26). The van der Waals surface area contributed by atoms with Crippen LogP contribution in [0.4, 0.5) is 0 Å². The molecule has 0 radical (unpaired) electrons. The van der Waals surface area contributed by atoms with Gasteiger partial charge in [0.05, 0.1) is 6.04 Å². The van der Waals surface area contributed by atoms with Gasteiger partial charge in [-0.15, -0.1) is 11.3 Å². The third-order valence-corrected chi connectivity index (χ3v) is 6.13. The van der Waals surface area contributed by atoms with Crippen molar-refractivity contribution >= 4 is 23.2 Å². The second-order valence-corrected chi connectivity index (χ2v) is 7.97. The average molecular weight is 386 g/mol. The van der Waals surface area contributed by atoms with Crippen molar-refractivity contribution in [2.24, 2.45) is 0 Å². The molecule has 1 fully saturated rings. The summed E-state index contributed by atoms with van der Waals surface area (Å²) in [5.74, 6) is -0.477. The maximum atomic E-state index is 12.0. The van der Waals surface area contributed by atoms with Crippen LogP contribution in [0.2, 0.25) is 0 Å². The second-order valence-electron chi connectivity index (χ2n) is 6.99. The summed E-state index contributed by atoms with van der Waals surface area (Å²) in [6, 6.07) is 13.8. The number of hydrogen-bond acceptors (Lipinski definition) is 4. The third-order valence-electron chi connectivity index (χ3n) is 5.10. The topological polar surface area (TPSA) is 61.4 Å². The highest BCUT2D eigenvalue weighted by atomic mass is 32.1. The number of carbonyl (C=O) groups excluding carboxylic acids is 2. The normalized spacial score (nSPS) is 16.6. The van der Waals surface area contributed by atoms with Gasteiger partial charge in [0.15, 0.2) is 0 Å². The Balaban J connectivity index is 1.34. The lowest BCUT2D eigenvalue weighted by Crippen LogP contribution is -2.44. The number of nitrogens with one attached hydrogen (secondary N) is 2. The predicted molar refractivity (Wildman–Crippen MR) is 109 cm³/mol. The molecule has 1 atom stereocenters. The van der Waals surface area contributed by atoms with Gasteiger partial charge in [-0.1, -0.05) is 36.4 Å². The molecule has 0 aliphatic carbocycles. The maximum Gasteiger partial charge on any atom is 0.309 e. The Morgan fingerprint density at radius 2 is 1.85 bits per heavy atom. The Hall–Kier alpha value is -2.18. The van der Waals surface area contributed by atoms with Gasteiger partial charge in [0, 0.05) is 18.0 Å². The Bertz CT molecular complexity index is 725. The average Bonchev–Trinajstić information content (AvgIpc) is 3.24. The number of carbonyl (C=O) groups is 2. The molecular weight excluding hydrogens is 358 g/mol. The van der Waals surface area contributed by atoms with Gasteiger partial charge in [0.2, 0.25) is 0 Å². The van der Waals surface area contributed by atoms with Crippen molar-refractivity contribution in [3.63, 3.8) is 0 Å². The van der Waals surface area contributed by atoms with Crippen LogP contribution in [0.25, 0.3) is 0 Å². The summed E-state index contributed by atoms with van der Waals surface area (Å²) < 4.78 is 0. The molecule has 1 aromatic carbocycles. The Morgan fingerprint density at radius 3 is 2.52 bits per heavy atom. The molecule has 2 aromatic rings. The van der Waals surface area contributed by atoms with Crippen molar-refractivity contribution in [3.05, 3.63) is 58.3 Å². The lowest BCUT2D eigenvalue weighted by Gasteiger charge is -2.31. The first kappa shape index (κ1) is 19.6. The van der Waals surface area contributed by atoms with E-state index < -0.39 is 11.8 Å². The van der Waals surface area contributed by atoms with Gasteiger partial charge in [-0.25, -0.2) is 0 Å². The summed E-state index contributed by atoms with van der Waals surface area (Å²) in [6.07, 6.45) is 2.31. The van der Waals surface area contributed by atoms with E-state index in [1.807, 2.05) is 48.6 Å². The minimum atomic E-state index is -0.581. The van der Waals surface area contributed by atoms with E-state index in [9.17, 15) is 9.59 Å². The molecule has 2 amide bonds. The van der Waals surface area contributed by atoms with E-state index in [-0.39, 0.29) is 6.04 Å². The molecule has 0 bridgehead atoms. The highest BCUT2D eigenvalue weighted by Gasteiger charge is 2.21. The third kappa shape index (κ3) is 5.65. The van der Waals surface area contributed by atoms with Crippen molar-refractivity contribution in [3.8, 4) is 0 Å². The summed E-state index contributed by atoms with van der Waals surface area (Å²) in [4.78, 5) is 27.9. The molecule has 1 aliphatic heterocycles. The molecule has 3 rings (SSSR count). The fourth-order valence-electron chi connectivity index (χ4n) is 3.46. The first-order valence-electron chi connectivity index (χ1n) is 9.53. The molecule has 1 unspecified atom stereocenters. The lowest BCUT2D eigenvalue weighted by atomic mass is 9.95. The lowest BCUT2D eigenvalue weighted by molar-refractivity contribution is -0.139. The van der Waals surface area contributed by atoms with Crippen LogP contribution >= 0.6 is 11.3 Å². The number of rotatable bonds is 6. The van der Waals surface area contributed by atoms with Crippen molar-refractivity contribution in [1.82, 2.24) is 15.5 Å². The van der Waals surface area contributed by atoms with Crippen LogP contribution in [0.1, 0.15) is 42.2 Å². The molecular formula is C21H27N3O2S. The predicted octanol–water partition coefficient (Wildman–Crippen LogP) is 2.92. The highest BCUT2D eigenvalue weighted by molar-refractivity contribution is 7.10. The molecule has 1 saturated heterocycles. The fraction of sp³-hybridized carbons (Fsp3) is 0.429. The summed E-state index contributed by atoms with van der Waals surface area (Å²) in [6.45, 7) is 5.23. The Kier molecular flexibility index (Phi) is 7.01. The monoisotopic (exact) mass is 385 g/mol. The minimum Gasteiger partial charge on any atom is -0.347 e. The van der Waals surface area contributed by atoms with Crippen molar-refractivity contribution in [2.45, 2.75) is 31.7 Å². The first-order valence-corrected chi connectivity index (χ1v) is 10.4. The van der Waals surface area contributed by atoms with E-state index in [0.717, 1.165) is 38.0 Å². The van der Waals surface area contributed by atoms with E-state index in [1.165, 1.54) is 4.88 Å². The van der Waals surface area contributed by atoms with Crippen LogP contribution in [0, 0.1) is 0 Å². The minimum absolute atomic E-state index is 0.194. The number of amides is 2. The summed E-state index contributed by atoms with van der Waals surface area (Å²) >= 11 is 1.84. The first-order chi connectivity index (χ1) is 13.1. The number of benzene rings is 1.